The predicted molar refractivity (Wildman–Crippen MR) is 84.2 cm³/mol. The first-order valence-corrected chi connectivity index (χ1v) is 9.34. The second kappa shape index (κ2) is 7.38. The zero-order chi connectivity index (χ0) is 15.3. The smallest absolute Gasteiger partial charge is 0.216 e. The van der Waals surface area contributed by atoms with E-state index in [1.54, 1.807) is 24.3 Å². The van der Waals surface area contributed by atoms with Crippen molar-refractivity contribution < 1.29 is 13.5 Å². The van der Waals surface area contributed by atoms with E-state index in [0.717, 1.165) is 30.4 Å². The molecule has 0 amide bonds. The molecule has 0 spiro atoms. The quantitative estimate of drug-likeness (QED) is 0.821. The van der Waals surface area contributed by atoms with E-state index in [1.807, 2.05) is 0 Å². The fraction of sp³-hybridized carbons (Fsp3) is 0.625. The SMILES string of the molecule is CC1CCCCCC1NS(=O)(=O)Cc1ccc(CO)cc1. The lowest BCUT2D eigenvalue weighted by molar-refractivity contribution is 0.282. The molecule has 0 aliphatic heterocycles. The average molecular weight is 311 g/mol. The summed E-state index contributed by atoms with van der Waals surface area (Å²) in [5.74, 6) is 0.404. The highest BCUT2D eigenvalue weighted by Crippen LogP contribution is 2.24. The van der Waals surface area contributed by atoms with E-state index < -0.39 is 10.0 Å². The molecule has 1 fully saturated rings. The predicted octanol–water partition coefficient (Wildman–Crippen LogP) is 2.57. The number of rotatable bonds is 5. The summed E-state index contributed by atoms with van der Waals surface area (Å²) in [7, 11) is -3.32. The van der Waals surface area contributed by atoms with Crippen LogP contribution in [0.15, 0.2) is 24.3 Å². The Morgan fingerprint density at radius 3 is 2.38 bits per heavy atom. The summed E-state index contributed by atoms with van der Waals surface area (Å²) >= 11 is 0. The summed E-state index contributed by atoms with van der Waals surface area (Å²) < 4.78 is 27.5. The molecule has 0 heterocycles. The Morgan fingerprint density at radius 2 is 1.71 bits per heavy atom. The van der Waals surface area contributed by atoms with Gasteiger partial charge in [-0.15, -0.1) is 0 Å². The van der Waals surface area contributed by atoms with Crippen LogP contribution < -0.4 is 4.72 Å². The normalized spacial score (nSPS) is 23.7. The van der Waals surface area contributed by atoms with Gasteiger partial charge in [-0.25, -0.2) is 13.1 Å². The van der Waals surface area contributed by atoms with Gasteiger partial charge < -0.3 is 5.11 Å². The van der Waals surface area contributed by atoms with Crippen molar-refractivity contribution >= 4 is 10.0 Å². The fourth-order valence-corrected chi connectivity index (χ4v) is 4.43. The highest BCUT2D eigenvalue weighted by atomic mass is 32.2. The average Bonchev–Trinajstić information content (AvgIpc) is 2.64. The van der Waals surface area contributed by atoms with Crippen LogP contribution in [-0.2, 0) is 22.4 Å². The molecule has 0 saturated heterocycles. The largest absolute Gasteiger partial charge is 0.392 e. The molecular formula is C16H25NO3S. The van der Waals surface area contributed by atoms with Gasteiger partial charge in [0.2, 0.25) is 10.0 Å². The van der Waals surface area contributed by atoms with Gasteiger partial charge in [-0.2, -0.15) is 0 Å². The molecule has 1 aliphatic rings. The third kappa shape index (κ3) is 5.09. The van der Waals surface area contributed by atoms with Crippen molar-refractivity contribution in [1.82, 2.24) is 4.72 Å². The van der Waals surface area contributed by atoms with Crippen molar-refractivity contribution in [2.75, 3.05) is 0 Å². The van der Waals surface area contributed by atoms with Crippen molar-refractivity contribution in [2.24, 2.45) is 5.92 Å². The summed E-state index contributed by atoms with van der Waals surface area (Å²) in [6.07, 6.45) is 5.53. The third-order valence-corrected chi connectivity index (χ3v) is 5.63. The van der Waals surface area contributed by atoms with Crippen molar-refractivity contribution in [3.05, 3.63) is 35.4 Å². The van der Waals surface area contributed by atoms with Gasteiger partial charge in [0.05, 0.1) is 12.4 Å². The first-order valence-electron chi connectivity index (χ1n) is 7.69. The van der Waals surface area contributed by atoms with Crippen molar-refractivity contribution in [3.8, 4) is 0 Å². The molecule has 21 heavy (non-hydrogen) atoms. The summed E-state index contributed by atoms with van der Waals surface area (Å²) in [6.45, 7) is 2.11. The van der Waals surface area contributed by atoms with Gasteiger partial charge in [0.1, 0.15) is 0 Å². The first-order chi connectivity index (χ1) is 10.00. The molecule has 1 saturated carbocycles. The number of aliphatic hydroxyl groups is 1. The molecular weight excluding hydrogens is 286 g/mol. The zero-order valence-corrected chi connectivity index (χ0v) is 13.4. The molecule has 2 unspecified atom stereocenters. The lowest BCUT2D eigenvalue weighted by Crippen LogP contribution is -2.39. The number of sulfonamides is 1. The van der Waals surface area contributed by atoms with Crippen LogP contribution in [0.4, 0.5) is 0 Å². The Bertz CT molecular complexity index is 539. The Hall–Kier alpha value is -0.910. The standard InChI is InChI=1S/C16H25NO3S/c1-13-5-3-2-4-6-16(13)17-21(19,20)12-15-9-7-14(11-18)8-10-15/h7-10,13,16-18H,2-6,11-12H2,1H3. The Balaban J connectivity index is 2.00. The van der Waals surface area contributed by atoms with E-state index in [2.05, 4.69) is 11.6 Å². The molecule has 1 aromatic rings. The minimum atomic E-state index is -3.32. The maximum Gasteiger partial charge on any atom is 0.216 e. The van der Waals surface area contributed by atoms with Gasteiger partial charge in [-0.05, 0) is 29.9 Å². The third-order valence-electron chi connectivity index (χ3n) is 4.25. The van der Waals surface area contributed by atoms with Gasteiger partial charge in [0, 0.05) is 6.04 Å². The van der Waals surface area contributed by atoms with Crippen LogP contribution in [0.5, 0.6) is 0 Å². The highest BCUT2D eigenvalue weighted by Gasteiger charge is 2.24. The van der Waals surface area contributed by atoms with Crippen molar-refractivity contribution in [1.29, 1.82) is 0 Å². The van der Waals surface area contributed by atoms with Crippen LogP contribution in [0.3, 0.4) is 0 Å². The van der Waals surface area contributed by atoms with Crippen molar-refractivity contribution in [2.45, 2.75) is 57.4 Å². The zero-order valence-electron chi connectivity index (χ0n) is 12.6. The van der Waals surface area contributed by atoms with Crippen LogP contribution >= 0.6 is 0 Å². The number of hydrogen-bond acceptors (Lipinski definition) is 3. The van der Waals surface area contributed by atoms with Gasteiger partial charge in [0.15, 0.2) is 0 Å². The number of aliphatic hydroxyl groups excluding tert-OH is 1. The van der Waals surface area contributed by atoms with E-state index in [4.69, 9.17) is 5.11 Å². The fourth-order valence-electron chi connectivity index (χ4n) is 2.90. The molecule has 0 radical (unpaired) electrons. The van der Waals surface area contributed by atoms with Gasteiger partial charge >= 0.3 is 0 Å². The molecule has 4 nitrogen and oxygen atoms in total. The monoisotopic (exact) mass is 311 g/mol. The van der Waals surface area contributed by atoms with Crippen LogP contribution in [-0.4, -0.2) is 19.6 Å². The van der Waals surface area contributed by atoms with Crippen LogP contribution in [0.1, 0.15) is 50.2 Å². The maximum absolute atomic E-state index is 12.3. The molecule has 1 aromatic carbocycles. The summed E-state index contributed by atoms with van der Waals surface area (Å²) in [5.41, 5.74) is 1.54. The Kier molecular flexibility index (Phi) is 5.79. The molecule has 1 aliphatic carbocycles. The van der Waals surface area contributed by atoms with E-state index in [-0.39, 0.29) is 18.4 Å². The minimum absolute atomic E-state index is 0.00191. The maximum atomic E-state index is 12.3. The second-order valence-corrected chi connectivity index (χ2v) is 7.83. The highest BCUT2D eigenvalue weighted by molar-refractivity contribution is 7.88. The van der Waals surface area contributed by atoms with Crippen LogP contribution in [0, 0.1) is 5.92 Å². The number of nitrogens with one attached hydrogen (secondary N) is 1. The van der Waals surface area contributed by atoms with Crippen molar-refractivity contribution in [3.63, 3.8) is 0 Å². The minimum Gasteiger partial charge on any atom is -0.392 e. The van der Waals surface area contributed by atoms with Gasteiger partial charge in [-0.1, -0.05) is 50.5 Å². The Labute approximate surface area is 127 Å². The van der Waals surface area contributed by atoms with E-state index in [1.165, 1.54) is 12.8 Å². The van der Waals surface area contributed by atoms with E-state index in [9.17, 15) is 8.42 Å². The lowest BCUT2D eigenvalue weighted by atomic mass is 9.98. The summed E-state index contributed by atoms with van der Waals surface area (Å²) in [6, 6.07) is 7.12. The molecule has 0 bridgehead atoms. The number of hydrogen-bond donors (Lipinski definition) is 2. The van der Waals surface area contributed by atoms with Gasteiger partial charge in [0.25, 0.3) is 0 Å². The van der Waals surface area contributed by atoms with E-state index >= 15 is 0 Å². The second-order valence-electron chi connectivity index (χ2n) is 6.07. The van der Waals surface area contributed by atoms with E-state index in [0.29, 0.717) is 5.92 Å². The molecule has 2 rings (SSSR count). The molecule has 118 valence electrons. The molecule has 5 heteroatoms. The molecule has 0 aromatic heterocycles. The number of benzene rings is 1. The lowest BCUT2D eigenvalue weighted by Gasteiger charge is -2.22. The van der Waals surface area contributed by atoms with Crippen LogP contribution in [0.25, 0.3) is 0 Å². The summed E-state index contributed by atoms with van der Waals surface area (Å²) in [4.78, 5) is 0. The topological polar surface area (TPSA) is 66.4 Å². The Morgan fingerprint density at radius 1 is 1.10 bits per heavy atom. The van der Waals surface area contributed by atoms with Gasteiger partial charge in [-0.3, -0.25) is 0 Å². The molecule has 2 atom stereocenters. The summed E-state index contributed by atoms with van der Waals surface area (Å²) in [5, 5.41) is 9.00. The molecule has 2 N–H and O–H groups in total. The first kappa shape index (κ1) is 16.5. The van der Waals surface area contributed by atoms with Crippen LogP contribution in [0.2, 0.25) is 0 Å².